The molecule has 2 nitrogen and oxygen atoms in total. The second kappa shape index (κ2) is 6.43. The SMILES string of the molecule is CNC(CC(C)(C)CN)c1ccc(SC)cc1. The molecule has 0 spiro atoms. The van der Waals surface area contributed by atoms with Crippen LogP contribution in [0, 0.1) is 5.41 Å². The van der Waals surface area contributed by atoms with E-state index in [0.717, 1.165) is 6.42 Å². The number of benzene rings is 1. The Labute approximate surface area is 109 Å². The van der Waals surface area contributed by atoms with Crippen molar-refractivity contribution in [2.24, 2.45) is 11.1 Å². The first-order chi connectivity index (χ1) is 8.02. The average molecular weight is 252 g/mol. The first kappa shape index (κ1) is 14.6. The van der Waals surface area contributed by atoms with Gasteiger partial charge in [-0.25, -0.2) is 0 Å². The number of nitrogens with two attached hydrogens (primary N) is 1. The largest absolute Gasteiger partial charge is 0.330 e. The Morgan fingerprint density at radius 2 is 1.88 bits per heavy atom. The highest BCUT2D eigenvalue weighted by atomic mass is 32.2. The summed E-state index contributed by atoms with van der Waals surface area (Å²) in [5, 5.41) is 3.38. The van der Waals surface area contributed by atoms with E-state index in [1.54, 1.807) is 11.8 Å². The zero-order valence-electron chi connectivity index (χ0n) is 11.3. The molecule has 0 fully saturated rings. The van der Waals surface area contributed by atoms with E-state index in [1.165, 1.54) is 10.5 Å². The van der Waals surface area contributed by atoms with Crippen molar-refractivity contribution in [3.63, 3.8) is 0 Å². The zero-order chi connectivity index (χ0) is 12.9. The highest BCUT2D eigenvalue weighted by molar-refractivity contribution is 7.98. The van der Waals surface area contributed by atoms with Gasteiger partial charge in [0.2, 0.25) is 0 Å². The van der Waals surface area contributed by atoms with Gasteiger partial charge in [-0.3, -0.25) is 0 Å². The fourth-order valence-corrected chi connectivity index (χ4v) is 2.27. The van der Waals surface area contributed by atoms with Crippen molar-refractivity contribution in [1.29, 1.82) is 0 Å². The maximum absolute atomic E-state index is 5.80. The normalized spacial score (nSPS) is 13.7. The molecular weight excluding hydrogens is 228 g/mol. The van der Waals surface area contributed by atoms with E-state index < -0.39 is 0 Å². The molecule has 0 aliphatic heterocycles. The van der Waals surface area contributed by atoms with Crippen LogP contribution in [0.1, 0.15) is 31.9 Å². The van der Waals surface area contributed by atoms with Gasteiger partial charge in [0.25, 0.3) is 0 Å². The molecule has 0 bridgehead atoms. The van der Waals surface area contributed by atoms with E-state index in [-0.39, 0.29) is 5.41 Å². The molecule has 1 atom stereocenters. The molecule has 0 aliphatic carbocycles. The molecule has 3 N–H and O–H groups in total. The average Bonchev–Trinajstić information content (AvgIpc) is 2.36. The molecule has 0 aromatic heterocycles. The van der Waals surface area contributed by atoms with Crippen molar-refractivity contribution in [2.75, 3.05) is 19.8 Å². The molecule has 0 radical (unpaired) electrons. The number of hydrogen-bond donors (Lipinski definition) is 2. The maximum atomic E-state index is 5.80. The molecule has 3 heteroatoms. The topological polar surface area (TPSA) is 38.0 Å². The van der Waals surface area contributed by atoms with Crippen LogP contribution in [0.4, 0.5) is 0 Å². The van der Waals surface area contributed by atoms with E-state index >= 15 is 0 Å². The summed E-state index contributed by atoms with van der Waals surface area (Å²) in [6.45, 7) is 5.15. The third kappa shape index (κ3) is 4.34. The molecule has 1 rings (SSSR count). The summed E-state index contributed by atoms with van der Waals surface area (Å²) < 4.78 is 0. The van der Waals surface area contributed by atoms with Crippen LogP contribution >= 0.6 is 11.8 Å². The van der Waals surface area contributed by atoms with Crippen LogP contribution in [0.5, 0.6) is 0 Å². The van der Waals surface area contributed by atoms with Crippen molar-refractivity contribution in [3.05, 3.63) is 29.8 Å². The van der Waals surface area contributed by atoms with Gasteiger partial charge in [0.1, 0.15) is 0 Å². The molecule has 0 heterocycles. The fourth-order valence-electron chi connectivity index (χ4n) is 1.86. The number of hydrogen-bond acceptors (Lipinski definition) is 3. The molecule has 1 unspecified atom stereocenters. The van der Waals surface area contributed by atoms with E-state index in [2.05, 4.69) is 49.7 Å². The number of nitrogens with one attached hydrogen (secondary N) is 1. The third-order valence-electron chi connectivity index (χ3n) is 3.18. The lowest BCUT2D eigenvalue weighted by atomic mass is 9.83. The highest BCUT2D eigenvalue weighted by Crippen LogP contribution is 2.29. The van der Waals surface area contributed by atoms with Crippen molar-refractivity contribution < 1.29 is 0 Å². The van der Waals surface area contributed by atoms with E-state index in [9.17, 15) is 0 Å². The predicted molar refractivity (Wildman–Crippen MR) is 77.5 cm³/mol. The van der Waals surface area contributed by atoms with Crippen LogP contribution in [0.2, 0.25) is 0 Å². The summed E-state index contributed by atoms with van der Waals surface area (Å²) in [6.07, 6.45) is 3.15. The van der Waals surface area contributed by atoms with E-state index in [0.29, 0.717) is 12.6 Å². The first-order valence-electron chi connectivity index (χ1n) is 6.03. The molecule has 0 aliphatic rings. The van der Waals surface area contributed by atoms with Crippen LogP contribution in [-0.4, -0.2) is 19.8 Å². The van der Waals surface area contributed by atoms with Crippen molar-refractivity contribution >= 4 is 11.8 Å². The van der Waals surface area contributed by atoms with E-state index in [1.807, 2.05) is 7.05 Å². The lowest BCUT2D eigenvalue weighted by molar-refractivity contribution is 0.299. The summed E-state index contributed by atoms with van der Waals surface area (Å²) in [4.78, 5) is 1.31. The van der Waals surface area contributed by atoms with Gasteiger partial charge in [-0.1, -0.05) is 26.0 Å². The van der Waals surface area contributed by atoms with Gasteiger partial charge in [0, 0.05) is 10.9 Å². The zero-order valence-corrected chi connectivity index (χ0v) is 12.1. The van der Waals surface area contributed by atoms with Crippen molar-refractivity contribution in [3.8, 4) is 0 Å². The van der Waals surface area contributed by atoms with Gasteiger partial charge in [-0.2, -0.15) is 0 Å². The fraction of sp³-hybridized carbons (Fsp3) is 0.571. The van der Waals surface area contributed by atoms with Gasteiger partial charge in [-0.05, 0) is 49.4 Å². The lowest BCUT2D eigenvalue weighted by Gasteiger charge is -2.28. The number of rotatable bonds is 6. The molecular formula is C14H24N2S. The monoisotopic (exact) mass is 252 g/mol. The van der Waals surface area contributed by atoms with Gasteiger partial charge in [-0.15, -0.1) is 11.8 Å². The van der Waals surface area contributed by atoms with Crippen LogP contribution in [0.25, 0.3) is 0 Å². The van der Waals surface area contributed by atoms with Crippen LogP contribution in [-0.2, 0) is 0 Å². The second-order valence-corrected chi connectivity index (χ2v) is 6.07. The van der Waals surface area contributed by atoms with E-state index in [4.69, 9.17) is 5.73 Å². The van der Waals surface area contributed by atoms with Crippen molar-refractivity contribution in [2.45, 2.75) is 31.2 Å². The van der Waals surface area contributed by atoms with Crippen LogP contribution in [0.15, 0.2) is 29.2 Å². The molecule has 1 aromatic carbocycles. The Morgan fingerprint density at radius 3 is 2.29 bits per heavy atom. The Balaban J connectivity index is 2.79. The predicted octanol–water partition coefficient (Wildman–Crippen LogP) is 3.04. The van der Waals surface area contributed by atoms with Gasteiger partial charge in [0.15, 0.2) is 0 Å². The summed E-state index contributed by atoms with van der Waals surface area (Å²) in [6, 6.07) is 9.16. The Kier molecular flexibility index (Phi) is 5.50. The summed E-state index contributed by atoms with van der Waals surface area (Å²) in [5.41, 5.74) is 7.31. The summed E-state index contributed by atoms with van der Waals surface area (Å²) in [5.74, 6) is 0. The molecule has 0 saturated carbocycles. The minimum atomic E-state index is 0.172. The standard InChI is InChI=1S/C14H24N2S/c1-14(2,10-15)9-13(16-3)11-5-7-12(17-4)8-6-11/h5-8,13,16H,9-10,15H2,1-4H3. The lowest BCUT2D eigenvalue weighted by Crippen LogP contribution is -2.30. The second-order valence-electron chi connectivity index (χ2n) is 5.19. The molecule has 96 valence electrons. The summed E-state index contributed by atoms with van der Waals surface area (Å²) in [7, 11) is 2.01. The quantitative estimate of drug-likeness (QED) is 0.764. The molecule has 17 heavy (non-hydrogen) atoms. The molecule has 1 aromatic rings. The Morgan fingerprint density at radius 1 is 1.29 bits per heavy atom. The third-order valence-corrected chi connectivity index (χ3v) is 3.92. The van der Waals surface area contributed by atoms with Gasteiger partial charge < -0.3 is 11.1 Å². The molecule has 0 amide bonds. The van der Waals surface area contributed by atoms with Crippen LogP contribution < -0.4 is 11.1 Å². The minimum Gasteiger partial charge on any atom is -0.330 e. The van der Waals surface area contributed by atoms with Crippen molar-refractivity contribution in [1.82, 2.24) is 5.32 Å². The Hall–Kier alpha value is -0.510. The first-order valence-corrected chi connectivity index (χ1v) is 7.26. The van der Waals surface area contributed by atoms with Gasteiger partial charge >= 0.3 is 0 Å². The number of thioether (sulfide) groups is 1. The highest BCUT2D eigenvalue weighted by Gasteiger charge is 2.21. The van der Waals surface area contributed by atoms with Crippen LogP contribution in [0.3, 0.4) is 0 Å². The summed E-state index contributed by atoms with van der Waals surface area (Å²) >= 11 is 1.77. The smallest absolute Gasteiger partial charge is 0.0323 e. The molecule has 0 saturated heterocycles. The maximum Gasteiger partial charge on any atom is 0.0323 e. The Bertz CT molecular complexity index is 333. The minimum absolute atomic E-state index is 0.172. The van der Waals surface area contributed by atoms with Gasteiger partial charge in [0.05, 0.1) is 0 Å².